The van der Waals surface area contributed by atoms with Crippen molar-refractivity contribution in [3.8, 4) is 11.1 Å². The monoisotopic (exact) mass is 649 g/mol. The molecule has 8 nitrogen and oxygen atoms in total. The fourth-order valence-corrected chi connectivity index (χ4v) is 10.8. The average molecular weight is 650 g/mol. The van der Waals surface area contributed by atoms with Crippen LogP contribution in [0.25, 0.3) is 21.3 Å². The molecule has 1 spiro atoms. The van der Waals surface area contributed by atoms with Crippen molar-refractivity contribution in [3.05, 3.63) is 45.9 Å². The summed E-state index contributed by atoms with van der Waals surface area (Å²) >= 11 is 8.26. The van der Waals surface area contributed by atoms with Gasteiger partial charge < -0.3 is 4.90 Å². The highest BCUT2D eigenvalue weighted by Gasteiger charge is 2.59. The van der Waals surface area contributed by atoms with Gasteiger partial charge in [-0.05, 0) is 94.5 Å². The molecule has 0 N–H and O–H groups in total. The highest BCUT2D eigenvalue weighted by Crippen LogP contribution is 2.60. The molecule has 2 aromatic heterocycles. The van der Waals surface area contributed by atoms with E-state index in [2.05, 4.69) is 16.0 Å². The third kappa shape index (κ3) is 4.70. The number of sulfonamides is 1. The first kappa shape index (κ1) is 29.0. The number of aromatic nitrogens is 1. The van der Waals surface area contributed by atoms with Gasteiger partial charge in [-0.3, -0.25) is 9.17 Å². The summed E-state index contributed by atoms with van der Waals surface area (Å²) in [7, 11) is -7.06. The summed E-state index contributed by atoms with van der Waals surface area (Å²) in [5.74, 6) is 1.01. The maximum Gasteiger partial charge on any atom is 0.264 e. The van der Waals surface area contributed by atoms with Crippen LogP contribution in [0.1, 0.15) is 69.2 Å². The van der Waals surface area contributed by atoms with Crippen LogP contribution in [0.15, 0.2) is 30.5 Å². The molecule has 12 heteroatoms. The number of hydrogen-bond donors (Lipinski definition) is 0. The van der Waals surface area contributed by atoms with Gasteiger partial charge in [-0.25, -0.2) is 8.42 Å². The van der Waals surface area contributed by atoms with Crippen LogP contribution in [-0.2, 0) is 30.9 Å². The molecule has 0 bridgehead atoms. The Morgan fingerprint density at radius 3 is 2.55 bits per heavy atom. The Morgan fingerprint density at radius 1 is 1.12 bits per heavy atom. The van der Waals surface area contributed by atoms with Gasteiger partial charge in [0.2, 0.25) is 10.0 Å². The molecule has 1 aromatic carbocycles. The fourth-order valence-electron chi connectivity index (χ4n) is 7.29. The summed E-state index contributed by atoms with van der Waals surface area (Å²) in [6.45, 7) is 6.78. The van der Waals surface area contributed by atoms with E-state index in [0.717, 1.165) is 76.8 Å². The van der Waals surface area contributed by atoms with E-state index in [0.29, 0.717) is 23.4 Å². The number of benzene rings is 1. The lowest BCUT2D eigenvalue weighted by molar-refractivity contribution is 0.125. The number of halogens is 1. The Kier molecular flexibility index (Phi) is 6.64. The molecule has 226 valence electrons. The largest absolute Gasteiger partial charge is 0.366 e. The zero-order chi connectivity index (χ0) is 29.8. The SMILES string of the molecule is CC(C)(C)S(=O)(=O)N1C[C@@H](N2C[C@H]3C[C@H]3c3cc(Cl)cc(-c4ccnc5cc(COS(C)(=O)=O)sc45)c32)CC12CCC2. The van der Waals surface area contributed by atoms with Crippen molar-refractivity contribution in [2.45, 2.75) is 81.7 Å². The second-order valence-electron chi connectivity index (χ2n) is 13.5. The molecule has 0 unspecified atom stereocenters. The van der Waals surface area contributed by atoms with Crippen LogP contribution in [0.5, 0.6) is 0 Å². The molecule has 7 rings (SSSR count). The van der Waals surface area contributed by atoms with Gasteiger partial charge in [-0.15, -0.1) is 11.3 Å². The molecule has 2 aliphatic heterocycles. The minimum absolute atomic E-state index is 0.0366. The molecule has 3 aromatic rings. The quantitative estimate of drug-likeness (QED) is 0.296. The number of rotatable bonds is 6. The van der Waals surface area contributed by atoms with Gasteiger partial charge in [0.05, 0.1) is 21.2 Å². The minimum Gasteiger partial charge on any atom is -0.366 e. The maximum absolute atomic E-state index is 13.8. The van der Waals surface area contributed by atoms with Crippen LogP contribution in [0.2, 0.25) is 5.02 Å². The highest BCUT2D eigenvalue weighted by molar-refractivity contribution is 7.90. The maximum atomic E-state index is 13.8. The zero-order valence-corrected chi connectivity index (χ0v) is 27.5. The van der Waals surface area contributed by atoms with E-state index in [4.69, 9.17) is 15.8 Å². The van der Waals surface area contributed by atoms with E-state index in [-0.39, 0.29) is 18.2 Å². The summed E-state index contributed by atoms with van der Waals surface area (Å²) in [5.41, 5.74) is 4.90. The Balaban J connectivity index is 1.33. The molecule has 3 atom stereocenters. The number of nitrogens with zero attached hydrogens (tertiary/aromatic N) is 3. The fraction of sp³-hybridized carbons (Fsp3) is 0.567. The predicted molar refractivity (Wildman–Crippen MR) is 168 cm³/mol. The minimum atomic E-state index is -3.57. The number of thiophene rings is 1. The van der Waals surface area contributed by atoms with Crippen molar-refractivity contribution in [2.24, 2.45) is 5.92 Å². The van der Waals surface area contributed by atoms with E-state index >= 15 is 0 Å². The summed E-state index contributed by atoms with van der Waals surface area (Å²) in [4.78, 5) is 7.84. The van der Waals surface area contributed by atoms with Crippen LogP contribution < -0.4 is 4.90 Å². The van der Waals surface area contributed by atoms with E-state index in [9.17, 15) is 16.8 Å². The molecule has 2 saturated carbocycles. The van der Waals surface area contributed by atoms with Gasteiger partial charge in [0.15, 0.2) is 0 Å². The Labute approximate surface area is 257 Å². The third-order valence-corrected chi connectivity index (χ3v) is 14.2. The number of fused-ring (bicyclic) bond motifs is 4. The number of pyridine rings is 1. The number of hydrogen-bond acceptors (Lipinski definition) is 8. The second-order valence-corrected chi connectivity index (χ2v) is 19.3. The van der Waals surface area contributed by atoms with Crippen molar-refractivity contribution >= 4 is 59.0 Å². The van der Waals surface area contributed by atoms with Crippen LogP contribution in [0.4, 0.5) is 5.69 Å². The average Bonchev–Trinajstić information content (AvgIpc) is 3.35. The molecule has 3 fully saturated rings. The molecular formula is C30H36ClN3O5S3. The summed E-state index contributed by atoms with van der Waals surface area (Å²) in [6.07, 6.45) is 7.66. The van der Waals surface area contributed by atoms with Gasteiger partial charge in [0, 0.05) is 57.6 Å². The van der Waals surface area contributed by atoms with Gasteiger partial charge >= 0.3 is 0 Å². The lowest BCUT2D eigenvalue weighted by Gasteiger charge is -2.46. The van der Waals surface area contributed by atoms with E-state index in [1.807, 2.05) is 22.5 Å². The second kappa shape index (κ2) is 9.62. The van der Waals surface area contributed by atoms with Crippen molar-refractivity contribution in [1.82, 2.24) is 9.29 Å². The van der Waals surface area contributed by atoms with Gasteiger partial charge in [0.25, 0.3) is 10.1 Å². The van der Waals surface area contributed by atoms with Gasteiger partial charge in [-0.1, -0.05) is 11.6 Å². The first-order valence-electron chi connectivity index (χ1n) is 14.5. The van der Waals surface area contributed by atoms with E-state index in [1.54, 1.807) is 27.0 Å². The zero-order valence-electron chi connectivity index (χ0n) is 24.3. The lowest BCUT2D eigenvalue weighted by atomic mass is 9.75. The predicted octanol–water partition coefficient (Wildman–Crippen LogP) is 6.14. The van der Waals surface area contributed by atoms with Crippen molar-refractivity contribution in [1.29, 1.82) is 0 Å². The topological polar surface area (TPSA) is 96.9 Å². The Hall–Kier alpha value is -1.76. The molecule has 4 heterocycles. The molecule has 42 heavy (non-hydrogen) atoms. The molecule has 2 aliphatic carbocycles. The molecule has 4 aliphatic rings. The third-order valence-electron chi connectivity index (χ3n) is 9.62. The molecule has 0 radical (unpaired) electrons. The van der Waals surface area contributed by atoms with E-state index < -0.39 is 24.9 Å². The first-order valence-corrected chi connectivity index (χ1v) is 19.0. The summed E-state index contributed by atoms with van der Waals surface area (Å²) in [6, 6.07) is 8.08. The molecule has 1 saturated heterocycles. The van der Waals surface area contributed by atoms with Crippen LogP contribution in [0.3, 0.4) is 0 Å². The van der Waals surface area contributed by atoms with Gasteiger partial charge in [0.1, 0.15) is 6.61 Å². The first-order chi connectivity index (χ1) is 19.7. The van der Waals surface area contributed by atoms with Crippen LogP contribution >= 0.6 is 22.9 Å². The molecule has 0 amide bonds. The summed E-state index contributed by atoms with van der Waals surface area (Å²) in [5, 5.41) is 0.678. The molecular weight excluding hydrogens is 614 g/mol. The van der Waals surface area contributed by atoms with Crippen LogP contribution in [0, 0.1) is 5.92 Å². The van der Waals surface area contributed by atoms with Crippen LogP contribution in [-0.4, -0.2) is 61.8 Å². The lowest BCUT2D eigenvalue weighted by Crippen LogP contribution is -2.56. The number of anilines is 1. The Bertz CT molecular complexity index is 1810. The standard InChI is InChI=1S/C30H36ClN3O5S3/c1-29(2,3)42(37,38)34-16-20(14-30(34)7-5-8-30)33-15-18-10-23(18)25-12-19(31)11-24(27(25)33)22-6-9-32-26-13-21(40-28(22)26)17-39-41(4,35)36/h6,9,11-13,18,20,23H,5,7-8,10,14-17H2,1-4H3/t18-,20+,23-/m1/s1. The smallest absolute Gasteiger partial charge is 0.264 e. The van der Waals surface area contributed by atoms with Gasteiger partial charge in [-0.2, -0.15) is 12.7 Å². The van der Waals surface area contributed by atoms with Crippen molar-refractivity contribution in [2.75, 3.05) is 24.2 Å². The van der Waals surface area contributed by atoms with Crippen molar-refractivity contribution < 1.29 is 21.0 Å². The van der Waals surface area contributed by atoms with Crippen molar-refractivity contribution in [3.63, 3.8) is 0 Å². The van der Waals surface area contributed by atoms with E-state index in [1.165, 1.54) is 16.9 Å². The summed E-state index contributed by atoms with van der Waals surface area (Å²) < 4.78 is 58.0. The Morgan fingerprint density at radius 2 is 1.88 bits per heavy atom. The normalized spacial score (nSPS) is 25.5. The highest BCUT2D eigenvalue weighted by atomic mass is 35.5.